The number of halogens is 1. The van der Waals surface area contributed by atoms with E-state index >= 15 is 0 Å². The summed E-state index contributed by atoms with van der Waals surface area (Å²) in [5.74, 6) is 1.59. The van der Waals surface area contributed by atoms with E-state index in [0.717, 1.165) is 11.4 Å². The predicted molar refractivity (Wildman–Crippen MR) is 117 cm³/mol. The van der Waals surface area contributed by atoms with E-state index in [0.29, 0.717) is 33.4 Å². The van der Waals surface area contributed by atoms with Crippen LogP contribution in [0.1, 0.15) is 0 Å². The Kier molecular flexibility index (Phi) is 7.97. The number of thioether (sulfide) groups is 1. The van der Waals surface area contributed by atoms with E-state index in [-0.39, 0.29) is 11.7 Å². The number of hydrogen-bond donors (Lipinski definition) is 2. The average Bonchev–Trinajstić information content (AvgIpc) is 3.19. The van der Waals surface area contributed by atoms with Crippen LogP contribution in [0.4, 0.5) is 10.8 Å². The summed E-state index contributed by atoms with van der Waals surface area (Å²) in [5, 5.41) is 15.5. The lowest BCUT2D eigenvalue weighted by atomic mass is 10.3. The van der Waals surface area contributed by atoms with Gasteiger partial charge in [-0.2, -0.15) is 0 Å². The number of methoxy groups -OCH3 is 1. The van der Waals surface area contributed by atoms with Crippen LogP contribution < -0.4 is 20.1 Å². The first-order chi connectivity index (χ1) is 14.1. The first-order valence-electron chi connectivity index (χ1n) is 8.65. The van der Waals surface area contributed by atoms with Crippen LogP contribution in [0.3, 0.4) is 0 Å². The van der Waals surface area contributed by atoms with Crippen molar-refractivity contribution >= 4 is 51.4 Å². The zero-order valence-corrected chi connectivity index (χ0v) is 17.9. The summed E-state index contributed by atoms with van der Waals surface area (Å²) in [4.78, 5) is 12.0. The molecule has 0 fully saturated rings. The number of anilines is 2. The molecule has 7 nitrogen and oxygen atoms in total. The molecular formula is C19H19ClN4O3S2. The number of nitrogens with one attached hydrogen (secondary N) is 2. The standard InChI is InChI=1S/C19H19ClN4O3S2/c1-26-16-5-3-2-4-15(16)22-18-23-24-19(29-18)28-12-17(25)21-10-11-27-14-8-6-13(20)7-9-14/h2-9H,10-12H2,1H3,(H,21,25)(H,22,23). The van der Waals surface area contributed by atoms with Crippen LogP contribution in [-0.4, -0.2) is 42.1 Å². The van der Waals surface area contributed by atoms with E-state index in [4.69, 9.17) is 21.1 Å². The van der Waals surface area contributed by atoms with Gasteiger partial charge in [-0.3, -0.25) is 4.79 Å². The van der Waals surface area contributed by atoms with Gasteiger partial charge in [0.15, 0.2) is 4.34 Å². The van der Waals surface area contributed by atoms with Crippen LogP contribution in [-0.2, 0) is 4.79 Å². The van der Waals surface area contributed by atoms with Crippen molar-refractivity contribution in [2.75, 3.05) is 31.3 Å². The van der Waals surface area contributed by atoms with E-state index in [1.807, 2.05) is 24.3 Å². The summed E-state index contributed by atoms with van der Waals surface area (Å²) in [7, 11) is 1.61. The van der Waals surface area contributed by atoms with Gasteiger partial charge in [-0.25, -0.2) is 0 Å². The molecule has 0 unspecified atom stereocenters. The van der Waals surface area contributed by atoms with Crippen molar-refractivity contribution in [3.8, 4) is 11.5 Å². The van der Waals surface area contributed by atoms with Crippen molar-refractivity contribution in [2.24, 2.45) is 0 Å². The maximum absolute atomic E-state index is 12.0. The lowest BCUT2D eigenvalue weighted by Gasteiger charge is -2.07. The molecule has 0 saturated carbocycles. The Morgan fingerprint density at radius 2 is 1.97 bits per heavy atom. The third-order valence-corrected chi connectivity index (χ3v) is 5.81. The normalized spacial score (nSPS) is 10.4. The van der Waals surface area contributed by atoms with Gasteiger partial charge in [0.2, 0.25) is 11.0 Å². The minimum Gasteiger partial charge on any atom is -0.495 e. The summed E-state index contributed by atoms with van der Waals surface area (Å²) in [6.45, 7) is 0.794. The lowest BCUT2D eigenvalue weighted by molar-refractivity contribution is -0.118. The van der Waals surface area contributed by atoms with Crippen molar-refractivity contribution in [1.82, 2.24) is 15.5 Å². The first kappa shape index (κ1) is 21.2. The number of amides is 1. The van der Waals surface area contributed by atoms with Gasteiger partial charge in [0.25, 0.3) is 0 Å². The molecule has 152 valence electrons. The quantitative estimate of drug-likeness (QED) is 0.353. The van der Waals surface area contributed by atoms with Gasteiger partial charge in [-0.15, -0.1) is 10.2 Å². The fraction of sp³-hybridized carbons (Fsp3) is 0.211. The molecule has 0 atom stereocenters. The number of carbonyl (C=O) groups is 1. The number of ether oxygens (including phenoxy) is 2. The van der Waals surface area contributed by atoms with Crippen LogP contribution in [0.15, 0.2) is 52.9 Å². The number of benzene rings is 2. The zero-order valence-electron chi connectivity index (χ0n) is 15.6. The molecule has 3 aromatic rings. The Morgan fingerprint density at radius 3 is 2.76 bits per heavy atom. The number of rotatable bonds is 10. The number of para-hydroxylation sites is 2. The summed E-state index contributed by atoms with van der Waals surface area (Å²) in [5.41, 5.74) is 0.807. The van der Waals surface area contributed by atoms with Gasteiger partial charge in [0, 0.05) is 5.02 Å². The molecule has 2 N–H and O–H groups in total. The van der Waals surface area contributed by atoms with E-state index in [2.05, 4.69) is 20.8 Å². The van der Waals surface area contributed by atoms with E-state index < -0.39 is 0 Å². The minimum absolute atomic E-state index is 0.0934. The maximum Gasteiger partial charge on any atom is 0.230 e. The number of aromatic nitrogens is 2. The topological polar surface area (TPSA) is 85.4 Å². The fourth-order valence-electron chi connectivity index (χ4n) is 2.25. The third-order valence-electron chi connectivity index (χ3n) is 3.59. The molecule has 1 amide bonds. The van der Waals surface area contributed by atoms with Crippen molar-refractivity contribution in [3.63, 3.8) is 0 Å². The summed E-state index contributed by atoms with van der Waals surface area (Å²) in [6, 6.07) is 14.6. The van der Waals surface area contributed by atoms with Gasteiger partial charge in [0.1, 0.15) is 18.1 Å². The van der Waals surface area contributed by atoms with Gasteiger partial charge in [0.05, 0.1) is 25.1 Å². The highest BCUT2D eigenvalue weighted by atomic mass is 35.5. The second-order valence-corrected chi connectivity index (χ2v) is 8.28. The molecule has 0 radical (unpaired) electrons. The third kappa shape index (κ3) is 6.81. The summed E-state index contributed by atoms with van der Waals surface area (Å²) >= 11 is 8.53. The van der Waals surface area contributed by atoms with Crippen molar-refractivity contribution in [1.29, 1.82) is 0 Å². The van der Waals surface area contributed by atoms with Crippen LogP contribution >= 0.6 is 34.7 Å². The average molecular weight is 451 g/mol. The van der Waals surface area contributed by atoms with Crippen LogP contribution in [0.5, 0.6) is 11.5 Å². The molecular weight excluding hydrogens is 432 g/mol. The van der Waals surface area contributed by atoms with Gasteiger partial charge >= 0.3 is 0 Å². The predicted octanol–water partition coefficient (Wildman–Crippen LogP) is 4.23. The molecule has 0 spiro atoms. The van der Waals surface area contributed by atoms with Gasteiger partial charge < -0.3 is 20.1 Å². The van der Waals surface area contributed by atoms with Crippen LogP contribution in [0.25, 0.3) is 0 Å². The highest BCUT2D eigenvalue weighted by Crippen LogP contribution is 2.31. The highest BCUT2D eigenvalue weighted by molar-refractivity contribution is 8.01. The fourth-order valence-corrected chi connectivity index (χ4v) is 3.97. The van der Waals surface area contributed by atoms with Crippen LogP contribution in [0, 0.1) is 0 Å². The van der Waals surface area contributed by atoms with Crippen molar-refractivity contribution in [2.45, 2.75) is 4.34 Å². The first-order valence-corrected chi connectivity index (χ1v) is 10.8. The molecule has 10 heteroatoms. The maximum atomic E-state index is 12.0. The molecule has 2 aromatic carbocycles. The molecule has 0 aliphatic carbocycles. The largest absolute Gasteiger partial charge is 0.495 e. The summed E-state index contributed by atoms with van der Waals surface area (Å²) < 4.78 is 11.5. The van der Waals surface area contributed by atoms with Gasteiger partial charge in [-0.1, -0.05) is 46.8 Å². The van der Waals surface area contributed by atoms with E-state index in [1.54, 1.807) is 31.4 Å². The van der Waals surface area contributed by atoms with Gasteiger partial charge in [-0.05, 0) is 36.4 Å². The molecule has 3 rings (SSSR count). The molecule has 0 saturated heterocycles. The number of nitrogens with zero attached hydrogens (tertiary/aromatic N) is 2. The Balaban J connectivity index is 1.37. The van der Waals surface area contributed by atoms with Crippen LogP contribution in [0.2, 0.25) is 5.02 Å². The van der Waals surface area contributed by atoms with E-state index in [9.17, 15) is 4.79 Å². The Bertz CT molecular complexity index is 937. The smallest absolute Gasteiger partial charge is 0.230 e. The second kappa shape index (κ2) is 10.9. The molecule has 0 bridgehead atoms. The number of hydrogen-bond acceptors (Lipinski definition) is 8. The highest BCUT2D eigenvalue weighted by Gasteiger charge is 2.10. The minimum atomic E-state index is -0.0934. The Labute approximate surface area is 181 Å². The monoisotopic (exact) mass is 450 g/mol. The molecule has 1 aromatic heterocycles. The molecule has 0 aliphatic rings. The SMILES string of the molecule is COc1ccccc1Nc1nnc(SCC(=O)NCCOc2ccc(Cl)cc2)s1. The molecule has 29 heavy (non-hydrogen) atoms. The zero-order chi connectivity index (χ0) is 20.5. The molecule has 1 heterocycles. The Hall–Kier alpha value is -2.49. The van der Waals surface area contributed by atoms with E-state index in [1.165, 1.54) is 23.1 Å². The Morgan fingerprint density at radius 1 is 1.17 bits per heavy atom. The second-order valence-electron chi connectivity index (χ2n) is 5.64. The summed E-state index contributed by atoms with van der Waals surface area (Å²) in [6.07, 6.45) is 0. The van der Waals surface area contributed by atoms with Crippen molar-refractivity contribution < 1.29 is 14.3 Å². The molecule has 0 aliphatic heterocycles. The number of carbonyl (C=O) groups excluding carboxylic acids is 1. The lowest BCUT2D eigenvalue weighted by Crippen LogP contribution is -2.29. The van der Waals surface area contributed by atoms with Crippen molar-refractivity contribution in [3.05, 3.63) is 53.6 Å².